The number of pyridine rings is 2. The smallest absolute Gasteiger partial charge is 0.176 e. The molecule has 0 saturated carbocycles. The van der Waals surface area contributed by atoms with Crippen LogP contribution >= 0.6 is 0 Å². The second-order valence-electron chi connectivity index (χ2n) is 6.08. The largest absolute Gasteiger partial charge is 0.426 e. The Balaban J connectivity index is 1.81. The number of anilines is 2. The standard InChI is InChI=1S/C20H12N6O/c21-10-12-3-5-13(6-4-12)20-25-17-15-2-1-8-23-19(15)24-16-11-22-9-7-14(16)18(17)26(20)27/h1-9,11,27H,(H,23,24). The zero-order valence-electron chi connectivity index (χ0n) is 14.0. The van der Waals surface area contributed by atoms with Gasteiger partial charge in [0.1, 0.15) is 17.2 Å². The van der Waals surface area contributed by atoms with Crippen molar-refractivity contribution in [3.63, 3.8) is 0 Å². The van der Waals surface area contributed by atoms with Crippen LogP contribution in [0.2, 0.25) is 0 Å². The average Bonchev–Trinajstić information content (AvgIpc) is 2.98. The molecule has 0 atom stereocenters. The van der Waals surface area contributed by atoms with E-state index in [-0.39, 0.29) is 0 Å². The van der Waals surface area contributed by atoms with Crippen LogP contribution in [0.1, 0.15) is 5.56 Å². The second kappa shape index (κ2) is 5.68. The minimum Gasteiger partial charge on any atom is -0.426 e. The van der Waals surface area contributed by atoms with Crippen LogP contribution < -0.4 is 5.32 Å². The third-order valence-electron chi connectivity index (χ3n) is 4.52. The molecule has 4 heterocycles. The molecule has 0 saturated heterocycles. The van der Waals surface area contributed by atoms with Gasteiger partial charge in [0.25, 0.3) is 0 Å². The molecule has 1 aliphatic rings. The highest BCUT2D eigenvalue weighted by atomic mass is 16.5. The molecule has 2 N–H and O–H groups in total. The predicted molar refractivity (Wildman–Crippen MR) is 99.3 cm³/mol. The summed E-state index contributed by atoms with van der Waals surface area (Å²) in [5, 5.41) is 23.2. The molecule has 0 amide bonds. The van der Waals surface area contributed by atoms with Gasteiger partial charge in [-0.2, -0.15) is 9.99 Å². The quantitative estimate of drug-likeness (QED) is 0.445. The van der Waals surface area contributed by atoms with Crippen LogP contribution in [-0.4, -0.2) is 24.9 Å². The molecule has 0 aliphatic carbocycles. The lowest BCUT2D eigenvalue weighted by Gasteiger charge is -2.09. The van der Waals surface area contributed by atoms with E-state index in [9.17, 15) is 5.21 Å². The molecule has 1 aliphatic heterocycles. The lowest BCUT2D eigenvalue weighted by molar-refractivity contribution is 0.195. The second-order valence-corrected chi connectivity index (χ2v) is 6.08. The lowest BCUT2D eigenvalue weighted by Crippen LogP contribution is -1.99. The van der Waals surface area contributed by atoms with Crippen molar-refractivity contribution in [2.24, 2.45) is 0 Å². The number of fused-ring (bicyclic) bond motifs is 5. The summed E-state index contributed by atoms with van der Waals surface area (Å²) in [4.78, 5) is 13.3. The minimum absolute atomic E-state index is 0.393. The van der Waals surface area contributed by atoms with E-state index in [4.69, 9.17) is 10.2 Å². The van der Waals surface area contributed by atoms with Crippen molar-refractivity contribution < 1.29 is 5.21 Å². The van der Waals surface area contributed by atoms with E-state index >= 15 is 0 Å². The van der Waals surface area contributed by atoms with E-state index < -0.39 is 0 Å². The first-order valence-corrected chi connectivity index (χ1v) is 8.25. The number of nitriles is 1. The molecule has 0 spiro atoms. The number of rotatable bonds is 1. The van der Waals surface area contributed by atoms with Gasteiger partial charge in [-0.15, -0.1) is 0 Å². The van der Waals surface area contributed by atoms with Gasteiger partial charge in [0.05, 0.1) is 23.5 Å². The van der Waals surface area contributed by atoms with Crippen LogP contribution in [0.3, 0.4) is 0 Å². The molecule has 7 nitrogen and oxygen atoms in total. The van der Waals surface area contributed by atoms with E-state index in [1.54, 1.807) is 42.9 Å². The monoisotopic (exact) mass is 352 g/mol. The summed E-state index contributed by atoms with van der Waals surface area (Å²) in [7, 11) is 0. The molecule has 128 valence electrons. The van der Waals surface area contributed by atoms with Crippen molar-refractivity contribution in [3.05, 3.63) is 66.6 Å². The lowest BCUT2D eigenvalue weighted by atomic mass is 10.1. The Labute approximate surface area is 154 Å². The maximum absolute atomic E-state index is 11.0. The average molecular weight is 352 g/mol. The van der Waals surface area contributed by atoms with E-state index in [2.05, 4.69) is 21.4 Å². The third kappa shape index (κ3) is 2.24. The van der Waals surface area contributed by atoms with Crippen LogP contribution in [0.15, 0.2) is 61.1 Å². The summed E-state index contributed by atoms with van der Waals surface area (Å²) in [5.74, 6) is 1.04. The molecule has 7 heteroatoms. The predicted octanol–water partition coefficient (Wildman–Crippen LogP) is 3.84. The van der Waals surface area contributed by atoms with Crippen molar-refractivity contribution in [2.45, 2.75) is 0 Å². The van der Waals surface area contributed by atoms with Crippen molar-refractivity contribution in [3.8, 4) is 40.0 Å². The Morgan fingerprint density at radius 1 is 1.04 bits per heavy atom. The van der Waals surface area contributed by atoms with E-state index in [1.807, 2.05) is 18.2 Å². The molecule has 0 bridgehead atoms. The van der Waals surface area contributed by atoms with Gasteiger partial charge in [-0.05, 0) is 42.5 Å². The zero-order valence-corrected chi connectivity index (χ0v) is 14.0. The van der Waals surface area contributed by atoms with Crippen LogP contribution in [0.5, 0.6) is 0 Å². The number of aromatic nitrogens is 4. The number of hydrogen-bond donors (Lipinski definition) is 2. The summed E-state index contributed by atoms with van der Waals surface area (Å²) in [5.41, 5.74) is 4.73. The van der Waals surface area contributed by atoms with Crippen molar-refractivity contribution in [1.82, 2.24) is 19.7 Å². The first-order valence-electron chi connectivity index (χ1n) is 8.25. The number of benzene rings is 1. The fourth-order valence-electron chi connectivity index (χ4n) is 3.25. The highest BCUT2D eigenvalue weighted by Crippen LogP contribution is 2.43. The number of imidazole rings is 1. The van der Waals surface area contributed by atoms with Gasteiger partial charge in [0.15, 0.2) is 5.82 Å². The topological polar surface area (TPSA) is 99.7 Å². The summed E-state index contributed by atoms with van der Waals surface area (Å²) in [6.45, 7) is 0. The van der Waals surface area contributed by atoms with Gasteiger partial charge in [-0.1, -0.05) is 0 Å². The maximum atomic E-state index is 11.0. The van der Waals surface area contributed by atoms with Crippen LogP contribution in [0, 0.1) is 11.3 Å². The van der Waals surface area contributed by atoms with Crippen molar-refractivity contribution >= 4 is 11.5 Å². The van der Waals surface area contributed by atoms with Gasteiger partial charge in [0.2, 0.25) is 0 Å². The molecule has 3 aromatic heterocycles. The molecule has 0 unspecified atom stereocenters. The third-order valence-corrected chi connectivity index (χ3v) is 4.52. The summed E-state index contributed by atoms with van der Waals surface area (Å²) >= 11 is 0. The highest BCUT2D eigenvalue weighted by Gasteiger charge is 2.27. The van der Waals surface area contributed by atoms with E-state index in [0.717, 1.165) is 21.5 Å². The Kier molecular flexibility index (Phi) is 3.18. The SMILES string of the molecule is N#Cc1ccc(-c2nc3c(n2O)-c2ccncc2Nc2ncccc2-3)cc1. The summed E-state index contributed by atoms with van der Waals surface area (Å²) in [6.07, 6.45) is 5.06. The molecule has 0 fully saturated rings. The maximum Gasteiger partial charge on any atom is 0.176 e. The minimum atomic E-state index is 0.393. The molecule has 4 aromatic rings. The van der Waals surface area contributed by atoms with Gasteiger partial charge >= 0.3 is 0 Å². The van der Waals surface area contributed by atoms with E-state index in [1.165, 1.54) is 0 Å². The van der Waals surface area contributed by atoms with Gasteiger partial charge in [-0.25, -0.2) is 9.97 Å². The Hall–Kier alpha value is -4.18. The highest BCUT2D eigenvalue weighted by molar-refractivity contribution is 5.95. The van der Waals surface area contributed by atoms with Crippen LogP contribution in [-0.2, 0) is 0 Å². The Bertz CT molecular complexity index is 1220. The molecule has 5 rings (SSSR count). The molecule has 0 radical (unpaired) electrons. The van der Waals surface area contributed by atoms with E-state index in [0.29, 0.717) is 34.2 Å². The normalized spacial score (nSPS) is 11.4. The number of nitrogens with one attached hydrogen (secondary N) is 1. The fourth-order valence-corrected chi connectivity index (χ4v) is 3.25. The fraction of sp³-hybridized carbons (Fsp3) is 0. The van der Waals surface area contributed by atoms with Crippen LogP contribution in [0.25, 0.3) is 33.9 Å². The Morgan fingerprint density at radius 3 is 2.70 bits per heavy atom. The van der Waals surface area contributed by atoms with Crippen molar-refractivity contribution in [1.29, 1.82) is 5.26 Å². The molecular formula is C20H12N6O. The van der Waals surface area contributed by atoms with Crippen molar-refractivity contribution in [2.75, 3.05) is 5.32 Å². The zero-order chi connectivity index (χ0) is 18.4. The number of nitrogens with zero attached hydrogens (tertiary/aromatic N) is 5. The molecule has 1 aromatic carbocycles. The first-order chi connectivity index (χ1) is 13.3. The van der Waals surface area contributed by atoms with Gasteiger partial charge < -0.3 is 10.5 Å². The molecular weight excluding hydrogens is 340 g/mol. The molecule has 27 heavy (non-hydrogen) atoms. The van der Waals surface area contributed by atoms with Gasteiger partial charge in [-0.3, -0.25) is 4.98 Å². The summed E-state index contributed by atoms with van der Waals surface area (Å²) < 4.78 is 1.08. The van der Waals surface area contributed by atoms with Gasteiger partial charge in [0, 0.05) is 29.1 Å². The van der Waals surface area contributed by atoms with Crippen LogP contribution in [0.4, 0.5) is 11.5 Å². The Morgan fingerprint density at radius 2 is 1.89 bits per heavy atom. The number of hydrogen-bond acceptors (Lipinski definition) is 6. The first kappa shape index (κ1) is 15.1. The summed E-state index contributed by atoms with van der Waals surface area (Å²) in [6, 6.07) is 14.6.